The van der Waals surface area contributed by atoms with Gasteiger partial charge in [-0.1, -0.05) is 31.5 Å². The second-order valence-corrected chi connectivity index (χ2v) is 7.93. The van der Waals surface area contributed by atoms with Gasteiger partial charge in [0.15, 0.2) is 0 Å². The monoisotopic (exact) mass is 419 g/mol. The summed E-state index contributed by atoms with van der Waals surface area (Å²) < 4.78 is 1.23. The number of hydrogen-bond acceptors (Lipinski definition) is 5. The molecule has 0 bridgehead atoms. The molecular formula is C19H18ClN3O4S. The predicted molar refractivity (Wildman–Crippen MR) is 110 cm³/mol. The second kappa shape index (κ2) is 7.73. The first-order valence-electron chi connectivity index (χ1n) is 8.50. The molecule has 0 unspecified atom stereocenters. The molecule has 1 aromatic carbocycles. The molecule has 0 fully saturated rings. The smallest absolute Gasteiger partial charge is 0.337 e. The number of aromatic carboxylic acids is 1. The van der Waals surface area contributed by atoms with Gasteiger partial charge in [-0.2, -0.15) is 0 Å². The summed E-state index contributed by atoms with van der Waals surface area (Å²) in [5.41, 5.74) is 0.749. The lowest BCUT2D eigenvalue weighted by Crippen LogP contribution is -2.32. The lowest BCUT2D eigenvalue weighted by molar-refractivity contribution is -0.116. The molecule has 0 saturated carbocycles. The molecular weight excluding hydrogens is 402 g/mol. The summed E-state index contributed by atoms with van der Waals surface area (Å²) in [5.74, 6) is -1.34. The standard InChI is InChI=1S/C19H18ClN3O4S/c1-9(2)16-22-17-15(12(8-28-17)19(26)27)18(25)23(16)7-14(24)21-11-5-4-10(3)13(20)6-11/h4-6,8-9H,7H2,1-3H3,(H,21,24)(H,26,27). The number of benzene rings is 1. The number of carboxylic acid groups (broad SMARTS) is 1. The van der Waals surface area contributed by atoms with Gasteiger partial charge in [0.25, 0.3) is 5.56 Å². The number of aromatic nitrogens is 2. The molecule has 0 aliphatic carbocycles. The van der Waals surface area contributed by atoms with E-state index < -0.39 is 17.4 Å². The van der Waals surface area contributed by atoms with Crippen molar-refractivity contribution in [2.24, 2.45) is 0 Å². The molecule has 2 N–H and O–H groups in total. The van der Waals surface area contributed by atoms with Crippen LogP contribution in [0.3, 0.4) is 0 Å². The molecule has 0 saturated heterocycles. The maximum Gasteiger partial charge on any atom is 0.337 e. The molecule has 28 heavy (non-hydrogen) atoms. The van der Waals surface area contributed by atoms with Crippen LogP contribution in [0.25, 0.3) is 10.2 Å². The summed E-state index contributed by atoms with van der Waals surface area (Å²) in [6.45, 7) is 5.28. The molecule has 0 aliphatic rings. The van der Waals surface area contributed by atoms with E-state index in [1.54, 1.807) is 18.2 Å². The maximum atomic E-state index is 13.0. The van der Waals surface area contributed by atoms with Gasteiger partial charge < -0.3 is 10.4 Å². The van der Waals surface area contributed by atoms with Crippen LogP contribution in [0.15, 0.2) is 28.4 Å². The first kappa shape index (κ1) is 20.0. The average molecular weight is 420 g/mol. The van der Waals surface area contributed by atoms with E-state index in [4.69, 9.17) is 11.6 Å². The lowest BCUT2D eigenvalue weighted by atomic mass is 10.1. The van der Waals surface area contributed by atoms with Gasteiger partial charge in [-0.15, -0.1) is 11.3 Å². The number of nitrogens with zero attached hydrogens (tertiary/aromatic N) is 2. The number of halogens is 1. The Balaban J connectivity index is 2.01. The summed E-state index contributed by atoms with van der Waals surface area (Å²) in [5, 5.41) is 14.0. The summed E-state index contributed by atoms with van der Waals surface area (Å²) in [6, 6.07) is 5.12. The predicted octanol–water partition coefficient (Wildman–Crippen LogP) is 3.88. The molecule has 2 heterocycles. The fraction of sp³-hybridized carbons (Fsp3) is 0.263. The molecule has 1 amide bonds. The van der Waals surface area contributed by atoms with Crippen LogP contribution < -0.4 is 10.9 Å². The van der Waals surface area contributed by atoms with Crippen LogP contribution in [0.1, 0.15) is 41.5 Å². The molecule has 3 aromatic rings. The quantitative estimate of drug-likeness (QED) is 0.653. The van der Waals surface area contributed by atoms with Gasteiger partial charge >= 0.3 is 5.97 Å². The van der Waals surface area contributed by atoms with Crippen LogP contribution in [0, 0.1) is 6.92 Å². The number of rotatable bonds is 5. The molecule has 0 spiro atoms. The number of aryl methyl sites for hydroxylation is 1. The highest BCUT2D eigenvalue weighted by atomic mass is 35.5. The van der Waals surface area contributed by atoms with E-state index >= 15 is 0 Å². The van der Waals surface area contributed by atoms with Gasteiger partial charge in [0.1, 0.15) is 17.2 Å². The highest BCUT2D eigenvalue weighted by Crippen LogP contribution is 2.24. The molecule has 0 atom stereocenters. The van der Waals surface area contributed by atoms with Crippen molar-refractivity contribution in [1.29, 1.82) is 0 Å². The number of fused-ring (bicyclic) bond motifs is 1. The van der Waals surface area contributed by atoms with Crippen molar-refractivity contribution >= 4 is 50.7 Å². The van der Waals surface area contributed by atoms with Crippen molar-refractivity contribution in [3.8, 4) is 0 Å². The first-order valence-corrected chi connectivity index (χ1v) is 9.76. The van der Waals surface area contributed by atoms with Crippen LogP contribution in [0.2, 0.25) is 5.02 Å². The molecule has 0 aliphatic heterocycles. The van der Waals surface area contributed by atoms with Crippen LogP contribution >= 0.6 is 22.9 Å². The third-order valence-corrected chi connectivity index (χ3v) is 5.51. The van der Waals surface area contributed by atoms with E-state index in [1.807, 2.05) is 20.8 Å². The van der Waals surface area contributed by atoms with Gasteiger partial charge in [-0.05, 0) is 24.6 Å². The Kier molecular flexibility index (Phi) is 5.53. The highest BCUT2D eigenvalue weighted by molar-refractivity contribution is 7.17. The van der Waals surface area contributed by atoms with Crippen LogP contribution in [0.5, 0.6) is 0 Å². The maximum absolute atomic E-state index is 13.0. The van der Waals surface area contributed by atoms with Crippen molar-refractivity contribution in [1.82, 2.24) is 9.55 Å². The largest absolute Gasteiger partial charge is 0.478 e. The number of hydrogen-bond donors (Lipinski definition) is 2. The number of thiophene rings is 1. The van der Waals surface area contributed by atoms with Gasteiger partial charge in [-0.25, -0.2) is 9.78 Å². The van der Waals surface area contributed by atoms with Gasteiger partial charge in [0, 0.05) is 22.0 Å². The Labute approximate surface area is 169 Å². The third kappa shape index (κ3) is 3.79. The van der Waals surface area contributed by atoms with Crippen molar-refractivity contribution in [3.05, 3.63) is 55.9 Å². The Morgan fingerprint density at radius 1 is 1.36 bits per heavy atom. The van der Waals surface area contributed by atoms with E-state index in [0.29, 0.717) is 21.4 Å². The summed E-state index contributed by atoms with van der Waals surface area (Å²) in [6.07, 6.45) is 0. The minimum Gasteiger partial charge on any atom is -0.478 e. The van der Waals surface area contributed by atoms with Crippen LogP contribution in [-0.4, -0.2) is 26.5 Å². The molecule has 9 heteroatoms. The molecule has 7 nitrogen and oxygen atoms in total. The Bertz CT molecular complexity index is 1150. The van der Waals surface area contributed by atoms with E-state index in [9.17, 15) is 19.5 Å². The topological polar surface area (TPSA) is 101 Å². The zero-order valence-electron chi connectivity index (χ0n) is 15.4. The first-order chi connectivity index (χ1) is 13.2. The molecule has 0 radical (unpaired) electrons. The zero-order chi connectivity index (χ0) is 20.6. The number of amides is 1. The van der Waals surface area contributed by atoms with Crippen LogP contribution in [-0.2, 0) is 11.3 Å². The van der Waals surface area contributed by atoms with Gasteiger partial charge in [0.05, 0.1) is 10.9 Å². The zero-order valence-corrected chi connectivity index (χ0v) is 17.0. The normalized spacial score (nSPS) is 11.2. The number of carbonyl (C=O) groups excluding carboxylic acids is 1. The molecule has 3 rings (SSSR count). The van der Waals surface area contributed by atoms with E-state index in [-0.39, 0.29) is 23.4 Å². The minimum absolute atomic E-state index is 0.0214. The number of nitrogens with one attached hydrogen (secondary N) is 1. The summed E-state index contributed by atoms with van der Waals surface area (Å²) in [7, 11) is 0. The van der Waals surface area contributed by atoms with E-state index in [0.717, 1.165) is 16.9 Å². The average Bonchev–Trinajstić information content (AvgIpc) is 3.05. The Morgan fingerprint density at radius 3 is 2.68 bits per heavy atom. The number of carboxylic acids is 1. The Hall–Kier alpha value is -2.71. The number of anilines is 1. The van der Waals surface area contributed by atoms with Crippen molar-refractivity contribution in [2.75, 3.05) is 5.32 Å². The molecule has 146 valence electrons. The molecule has 2 aromatic heterocycles. The number of carbonyl (C=O) groups is 2. The van der Waals surface area contributed by atoms with Gasteiger partial charge in [0.2, 0.25) is 5.91 Å². The fourth-order valence-corrected chi connectivity index (χ4v) is 3.90. The van der Waals surface area contributed by atoms with Gasteiger partial charge in [-0.3, -0.25) is 14.2 Å². The van der Waals surface area contributed by atoms with Crippen molar-refractivity contribution in [3.63, 3.8) is 0 Å². The second-order valence-electron chi connectivity index (χ2n) is 6.66. The van der Waals surface area contributed by atoms with E-state index in [1.165, 1.54) is 9.95 Å². The summed E-state index contributed by atoms with van der Waals surface area (Å²) in [4.78, 5) is 41.8. The summed E-state index contributed by atoms with van der Waals surface area (Å²) >= 11 is 7.18. The third-order valence-electron chi connectivity index (χ3n) is 4.23. The Morgan fingerprint density at radius 2 is 2.07 bits per heavy atom. The lowest BCUT2D eigenvalue weighted by Gasteiger charge is -2.15. The fourth-order valence-electron chi connectivity index (χ4n) is 2.81. The minimum atomic E-state index is -1.20. The van der Waals surface area contributed by atoms with Crippen LogP contribution in [0.4, 0.5) is 5.69 Å². The van der Waals surface area contributed by atoms with E-state index in [2.05, 4.69) is 10.3 Å². The van der Waals surface area contributed by atoms with Crippen molar-refractivity contribution < 1.29 is 14.7 Å². The highest BCUT2D eigenvalue weighted by Gasteiger charge is 2.22. The van der Waals surface area contributed by atoms with Crippen molar-refractivity contribution in [2.45, 2.75) is 33.2 Å². The SMILES string of the molecule is Cc1ccc(NC(=O)Cn2c(C(C)C)nc3scc(C(=O)O)c3c2=O)cc1Cl.